The van der Waals surface area contributed by atoms with Crippen molar-refractivity contribution in [1.82, 2.24) is 9.55 Å². The smallest absolute Gasteiger partial charge is 0.337 e. The van der Waals surface area contributed by atoms with E-state index in [1.165, 1.54) is 0 Å². The molecule has 1 aromatic carbocycles. The van der Waals surface area contributed by atoms with E-state index < -0.39 is 5.97 Å². The minimum absolute atomic E-state index is 0.304. The van der Waals surface area contributed by atoms with Crippen molar-refractivity contribution in [1.29, 1.82) is 0 Å². The van der Waals surface area contributed by atoms with Crippen LogP contribution in [0, 0.1) is 0 Å². The van der Waals surface area contributed by atoms with E-state index in [4.69, 9.17) is 5.11 Å². The summed E-state index contributed by atoms with van der Waals surface area (Å²) < 4.78 is 1.87. The van der Waals surface area contributed by atoms with Crippen LogP contribution in [-0.4, -0.2) is 20.6 Å². The van der Waals surface area contributed by atoms with E-state index in [1.807, 2.05) is 34.9 Å². The SMILES string of the molecule is O=C(O)c1ccn(Cc2ccnc3ccccc23)c1. The Kier molecular flexibility index (Phi) is 2.76. The second-order valence-electron chi connectivity index (χ2n) is 4.36. The van der Waals surface area contributed by atoms with Gasteiger partial charge in [0.25, 0.3) is 0 Å². The number of hydrogen-bond acceptors (Lipinski definition) is 2. The Labute approximate surface area is 109 Å². The van der Waals surface area contributed by atoms with Crippen molar-refractivity contribution < 1.29 is 9.90 Å². The Hall–Kier alpha value is -2.62. The monoisotopic (exact) mass is 252 g/mol. The number of carboxylic acids is 1. The number of fused-ring (bicyclic) bond motifs is 1. The van der Waals surface area contributed by atoms with Crippen molar-refractivity contribution in [2.45, 2.75) is 6.54 Å². The summed E-state index contributed by atoms with van der Waals surface area (Å²) in [6.07, 6.45) is 5.19. The molecule has 0 unspecified atom stereocenters. The van der Waals surface area contributed by atoms with E-state index in [0.717, 1.165) is 16.5 Å². The third kappa shape index (κ3) is 2.20. The molecule has 0 spiro atoms. The second kappa shape index (κ2) is 4.57. The van der Waals surface area contributed by atoms with Gasteiger partial charge in [0.1, 0.15) is 0 Å². The number of carboxylic acid groups (broad SMARTS) is 1. The summed E-state index contributed by atoms with van der Waals surface area (Å²) in [5.41, 5.74) is 2.38. The predicted octanol–water partition coefficient (Wildman–Crippen LogP) is 2.78. The van der Waals surface area contributed by atoms with Crippen LogP contribution in [0.3, 0.4) is 0 Å². The van der Waals surface area contributed by atoms with Crippen LogP contribution in [0.25, 0.3) is 10.9 Å². The summed E-state index contributed by atoms with van der Waals surface area (Å²) in [6, 6.07) is 11.5. The summed E-state index contributed by atoms with van der Waals surface area (Å²) in [4.78, 5) is 15.2. The van der Waals surface area contributed by atoms with Gasteiger partial charge in [0.2, 0.25) is 0 Å². The van der Waals surface area contributed by atoms with Gasteiger partial charge in [-0.15, -0.1) is 0 Å². The number of rotatable bonds is 3. The molecule has 0 saturated heterocycles. The molecule has 2 heterocycles. The second-order valence-corrected chi connectivity index (χ2v) is 4.36. The first-order valence-electron chi connectivity index (χ1n) is 5.96. The lowest BCUT2D eigenvalue weighted by Crippen LogP contribution is -1.99. The van der Waals surface area contributed by atoms with Crippen LogP contribution in [0.15, 0.2) is 55.0 Å². The number of aromatic carboxylic acids is 1. The van der Waals surface area contributed by atoms with Gasteiger partial charge in [0, 0.05) is 30.5 Å². The van der Waals surface area contributed by atoms with Crippen LogP contribution in [0.1, 0.15) is 15.9 Å². The van der Waals surface area contributed by atoms with Gasteiger partial charge < -0.3 is 9.67 Å². The number of nitrogens with zero attached hydrogens (tertiary/aromatic N) is 2. The fourth-order valence-corrected chi connectivity index (χ4v) is 2.16. The lowest BCUT2D eigenvalue weighted by Gasteiger charge is -2.06. The number of pyridine rings is 1. The molecule has 0 amide bonds. The topological polar surface area (TPSA) is 55.1 Å². The first-order chi connectivity index (χ1) is 9.24. The average molecular weight is 252 g/mol. The number of para-hydroxylation sites is 1. The zero-order chi connectivity index (χ0) is 13.2. The maximum absolute atomic E-state index is 10.9. The van der Waals surface area contributed by atoms with Gasteiger partial charge in [-0.25, -0.2) is 4.79 Å². The maximum Gasteiger partial charge on any atom is 0.337 e. The van der Waals surface area contributed by atoms with Gasteiger partial charge in [-0.05, 0) is 23.8 Å². The van der Waals surface area contributed by atoms with Gasteiger partial charge in [0.15, 0.2) is 0 Å². The molecule has 0 bridgehead atoms. The van der Waals surface area contributed by atoms with E-state index in [2.05, 4.69) is 4.98 Å². The molecule has 0 fully saturated rings. The molecule has 2 aromatic heterocycles. The van der Waals surface area contributed by atoms with Crippen molar-refractivity contribution in [2.24, 2.45) is 0 Å². The van der Waals surface area contributed by atoms with E-state index in [9.17, 15) is 4.79 Å². The zero-order valence-electron chi connectivity index (χ0n) is 10.2. The standard InChI is InChI=1S/C15H12N2O2/c18-15(19)12-6-8-17(10-12)9-11-5-7-16-14-4-2-1-3-13(11)14/h1-8,10H,9H2,(H,18,19). The lowest BCUT2D eigenvalue weighted by atomic mass is 10.1. The van der Waals surface area contributed by atoms with Crippen molar-refractivity contribution >= 4 is 16.9 Å². The van der Waals surface area contributed by atoms with Crippen LogP contribution in [0.4, 0.5) is 0 Å². The van der Waals surface area contributed by atoms with Crippen LogP contribution >= 0.6 is 0 Å². The highest BCUT2D eigenvalue weighted by Crippen LogP contribution is 2.17. The van der Waals surface area contributed by atoms with Crippen LogP contribution < -0.4 is 0 Å². The summed E-state index contributed by atoms with van der Waals surface area (Å²) in [5.74, 6) is -0.904. The molecule has 0 atom stereocenters. The summed E-state index contributed by atoms with van der Waals surface area (Å²) in [7, 11) is 0. The quantitative estimate of drug-likeness (QED) is 0.779. The van der Waals surface area contributed by atoms with Crippen molar-refractivity contribution in [3.63, 3.8) is 0 Å². The van der Waals surface area contributed by atoms with Gasteiger partial charge >= 0.3 is 5.97 Å². The van der Waals surface area contributed by atoms with Crippen LogP contribution in [-0.2, 0) is 6.54 Å². The van der Waals surface area contributed by atoms with E-state index >= 15 is 0 Å². The molecule has 0 radical (unpaired) electrons. The highest BCUT2D eigenvalue weighted by molar-refractivity contribution is 5.87. The summed E-state index contributed by atoms with van der Waals surface area (Å²) in [5, 5.41) is 10.0. The van der Waals surface area contributed by atoms with E-state index in [-0.39, 0.29) is 0 Å². The molecular formula is C15H12N2O2. The van der Waals surface area contributed by atoms with E-state index in [1.54, 1.807) is 24.7 Å². The Morgan fingerprint density at radius 3 is 2.84 bits per heavy atom. The Morgan fingerprint density at radius 1 is 1.21 bits per heavy atom. The highest BCUT2D eigenvalue weighted by atomic mass is 16.4. The molecule has 0 saturated carbocycles. The fourth-order valence-electron chi connectivity index (χ4n) is 2.16. The highest BCUT2D eigenvalue weighted by Gasteiger charge is 2.06. The Balaban J connectivity index is 1.98. The molecular weight excluding hydrogens is 240 g/mol. The molecule has 0 aliphatic heterocycles. The summed E-state index contributed by atoms with van der Waals surface area (Å²) in [6.45, 7) is 0.635. The molecule has 1 N–H and O–H groups in total. The van der Waals surface area contributed by atoms with Crippen LogP contribution in [0.5, 0.6) is 0 Å². The van der Waals surface area contributed by atoms with Gasteiger partial charge in [-0.2, -0.15) is 0 Å². The molecule has 19 heavy (non-hydrogen) atoms. The molecule has 0 aliphatic carbocycles. The first-order valence-corrected chi connectivity index (χ1v) is 5.96. The van der Waals surface area contributed by atoms with Crippen molar-refractivity contribution in [3.05, 3.63) is 66.1 Å². The van der Waals surface area contributed by atoms with Crippen molar-refractivity contribution in [2.75, 3.05) is 0 Å². The van der Waals surface area contributed by atoms with Gasteiger partial charge in [0.05, 0.1) is 11.1 Å². The minimum atomic E-state index is -0.904. The van der Waals surface area contributed by atoms with Crippen molar-refractivity contribution in [3.8, 4) is 0 Å². The lowest BCUT2D eigenvalue weighted by molar-refractivity contribution is 0.0697. The third-order valence-corrected chi connectivity index (χ3v) is 3.09. The molecule has 3 aromatic rings. The molecule has 4 heteroatoms. The van der Waals surface area contributed by atoms with Crippen LogP contribution in [0.2, 0.25) is 0 Å². The first kappa shape index (κ1) is 11.5. The molecule has 0 aliphatic rings. The number of benzene rings is 1. The number of hydrogen-bond donors (Lipinski definition) is 1. The molecule has 94 valence electrons. The van der Waals surface area contributed by atoms with Gasteiger partial charge in [-0.3, -0.25) is 4.98 Å². The van der Waals surface area contributed by atoms with Gasteiger partial charge in [-0.1, -0.05) is 18.2 Å². The Morgan fingerprint density at radius 2 is 2.05 bits per heavy atom. The molecule has 3 rings (SSSR count). The number of aromatic nitrogens is 2. The normalized spacial score (nSPS) is 10.7. The summed E-state index contributed by atoms with van der Waals surface area (Å²) >= 11 is 0. The maximum atomic E-state index is 10.9. The largest absolute Gasteiger partial charge is 0.478 e. The zero-order valence-corrected chi connectivity index (χ0v) is 10.2. The fraction of sp³-hybridized carbons (Fsp3) is 0.0667. The minimum Gasteiger partial charge on any atom is -0.478 e. The Bertz CT molecular complexity index is 741. The van der Waals surface area contributed by atoms with E-state index in [0.29, 0.717) is 12.1 Å². The third-order valence-electron chi connectivity index (χ3n) is 3.09. The predicted molar refractivity (Wildman–Crippen MR) is 72.2 cm³/mol. The molecule has 4 nitrogen and oxygen atoms in total. The average Bonchev–Trinajstić information content (AvgIpc) is 2.88. The number of carbonyl (C=O) groups is 1.